The van der Waals surface area contributed by atoms with E-state index in [1.807, 2.05) is 13.8 Å². The Bertz CT molecular complexity index is 412. The van der Waals surface area contributed by atoms with E-state index in [1.165, 1.54) is 12.1 Å². The maximum Gasteiger partial charge on any atom is 0.274 e. The molecule has 2 atom stereocenters. The van der Waals surface area contributed by atoms with Gasteiger partial charge in [-0.2, -0.15) is 0 Å². The van der Waals surface area contributed by atoms with Gasteiger partial charge in [0.15, 0.2) is 0 Å². The van der Waals surface area contributed by atoms with Gasteiger partial charge < -0.3 is 10.4 Å². The van der Waals surface area contributed by atoms with Gasteiger partial charge in [-0.3, -0.25) is 10.1 Å². The number of hydrogen-bond acceptors (Lipinski definition) is 4. The molecule has 0 fully saturated rings. The van der Waals surface area contributed by atoms with E-state index < -0.39 is 10.7 Å². The van der Waals surface area contributed by atoms with Crippen LogP contribution < -0.4 is 5.32 Å². The summed E-state index contributed by atoms with van der Waals surface area (Å²) in [5, 5.41) is 22.4. The van der Waals surface area contributed by atoms with E-state index in [0.29, 0.717) is 5.69 Å². The lowest BCUT2D eigenvalue weighted by Gasteiger charge is -2.20. The van der Waals surface area contributed by atoms with Crippen molar-refractivity contribution in [2.24, 2.45) is 5.92 Å². The Labute approximate surface area is 98.4 Å². The van der Waals surface area contributed by atoms with Crippen LogP contribution in [0.15, 0.2) is 18.2 Å². The standard InChI is InChI=1S/C11H15FN2O3/c1-7(6-15)8(2)13-10-3-9(12)4-11(5-10)14(16)17/h3-5,7-8,13,15H,6H2,1-2H3. The van der Waals surface area contributed by atoms with E-state index in [9.17, 15) is 14.5 Å². The van der Waals surface area contributed by atoms with Crippen LogP contribution in [-0.2, 0) is 0 Å². The zero-order chi connectivity index (χ0) is 13.0. The smallest absolute Gasteiger partial charge is 0.274 e. The first-order chi connectivity index (χ1) is 7.93. The predicted molar refractivity (Wildman–Crippen MR) is 62.4 cm³/mol. The fraction of sp³-hybridized carbons (Fsp3) is 0.455. The average molecular weight is 242 g/mol. The van der Waals surface area contributed by atoms with Gasteiger partial charge in [0.2, 0.25) is 0 Å². The Hall–Kier alpha value is -1.69. The summed E-state index contributed by atoms with van der Waals surface area (Å²) in [6.07, 6.45) is 0. The minimum absolute atomic E-state index is 0.00836. The molecular weight excluding hydrogens is 227 g/mol. The van der Waals surface area contributed by atoms with Gasteiger partial charge in [-0.15, -0.1) is 0 Å². The number of halogens is 1. The maximum atomic E-state index is 13.1. The highest BCUT2D eigenvalue weighted by atomic mass is 19.1. The van der Waals surface area contributed by atoms with Crippen LogP contribution in [0.25, 0.3) is 0 Å². The van der Waals surface area contributed by atoms with Gasteiger partial charge >= 0.3 is 0 Å². The lowest BCUT2D eigenvalue weighted by molar-refractivity contribution is -0.385. The molecule has 0 saturated carbocycles. The second-order valence-electron chi connectivity index (χ2n) is 4.05. The lowest BCUT2D eigenvalue weighted by atomic mass is 10.0. The summed E-state index contributed by atoms with van der Waals surface area (Å²) in [7, 11) is 0. The van der Waals surface area contributed by atoms with Crippen molar-refractivity contribution in [3.63, 3.8) is 0 Å². The van der Waals surface area contributed by atoms with Gasteiger partial charge in [0.05, 0.1) is 11.0 Å². The Morgan fingerprint density at radius 2 is 2.12 bits per heavy atom. The summed E-state index contributed by atoms with van der Waals surface area (Å²) in [6, 6.07) is 3.21. The maximum absolute atomic E-state index is 13.1. The number of aliphatic hydroxyl groups excluding tert-OH is 1. The molecule has 17 heavy (non-hydrogen) atoms. The first kappa shape index (κ1) is 13.4. The Morgan fingerprint density at radius 3 is 2.65 bits per heavy atom. The second kappa shape index (κ2) is 5.58. The quantitative estimate of drug-likeness (QED) is 0.612. The van der Waals surface area contributed by atoms with E-state index >= 15 is 0 Å². The van der Waals surface area contributed by atoms with Gasteiger partial charge in [-0.25, -0.2) is 4.39 Å². The number of anilines is 1. The molecule has 0 radical (unpaired) electrons. The highest BCUT2D eigenvalue weighted by Crippen LogP contribution is 2.21. The van der Waals surface area contributed by atoms with Crippen molar-refractivity contribution in [3.05, 3.63) is 34.1 Å². The summed E-state index contributed by atoms with van der Waals surface area (Å²) >= 11 is 0. The molecule has 2 N–H and O–H groups in total. The van der Waals surface area contributed by atoms with E-state index in [-0.39, 0.29) is 24.3 Å². The predicted octanol–water partition coefficient (Wildman–Crippen LogP) is 2.16. The highest BCUT2D eigenvalue weighted by molar-refractivity contribution is 5.52. The Morgan fingerprint density at radius 1 is 1.47 bits per heavy atom. The van der Waals surface area contributed by atoms with Crippen molar-refractivity contribution in [2.75, 3.05) is 11.9 Å². The molecule has 0 aliphatic heterocycles. The molecule has 6 heteroatoms. The van der Waals surface area contributed by atoms with Gasteiger partial charge in [0.25, 0.3) is 5.69 Å². The molecule has 0 aliphatic rings. The van der Waals surface area contributed by atoms with Gasteiger partial charge in [-0.05, 0) is 18.9 Å². The van der Waals surface area contributed by atoms with E-state index in [2.05, 4.69) is 5.32 Å². The number of hydrogen-bond donors (Lipinski definition) is 2. The molecule has 0 amide bonds. The normalized spacial score (nSPS) is 14.1. The third-order valence-electron chi connectivity index (χ3n) is 2.63. The second-order valence-corrected chi connectivity index (χ2v) is 4.05. The summed E-state index contributed by atoms with van der Waals surface area (Å²) in [4.78, 5) is 9.91. The Balaban J connectivity index is 2.87. The molecule has 0 heterocycles. The molecule has 2 unspecified atom stereocenters. The molecule has 1 rings (SSSR count). The Kier molecular flexibility index (Phi) is 4.39. The van der Waals surface area contributed by atoms with Crippen LogP contribution in [0.2, 0.25) is 0 Å². The van der Waals surface area contributed by atoms with Crippen LogP contribution in [0.3, 0.4) is 0 Å². The number of nitro benzene ring substituents is 1. The highest BCUT2D eigenvalue weighted by Gasteiger charge is 2.14. The fourth-order valence-corrected chi connectivity index (χ4v) is 1.33. The molecule has 1 aromatic rings. The number of nitrogens with zero attached hydrogens (tertiary/aromatic N) is 1. The number of nitro groups is 1. The van der Waals surface area contributed by atoms with Crippen molar-refractivity contribution < 1.29 is 14.4 Å². The number of non-ortho nitro benzene ring substituents is 1. The fourth-order valence-electron chi connectivity index (χ4n) is 1.33. The molecule has 94 valence electrons. The molecule has 0 spiro atoms. The molecule has 1 aromatic carbocycles. The number of nitrogens with one attached hydrogen (secondary N) is 1. The third-order valence-corrected chi connectivity index (χ3v) is 2.63. The largest absolute Gasteiger partial charge is 0.396 e. The molecular formula is C11H15FN2O3. The first-order valence-electron chi connectivity index (χ1n) is 5.26. The average Bonchev–Trinajstić information content (AvgIpc) is 2.26. The van der Waals surface area contributed by atoms with E-state index in [4.69, 9.17) is 5.11 Å². The molecule has 0 saturated heterocycles. The van der Waals surface area contributed by atoms with E-state index in [1.54, 1.807) is 0 Å². The zero-order valence-electron chi connectivity index (χ0n) is 9.68. The summed E-state index contributed by atoms with van der Waals surface area (Å²) in [6.45, 7) is 3.63. The van der Waals surface area contributed by atoms with Crippen LogP contribution in [0, 0.1) is 21.8 Å². The minimum atomic E-state index is -0.662. The van der Waals surface area contributed by atoms with Crippen molar-refractivity contribution in [2.45, 2.75) is 19.9 Å². The lowest BCUT2D eigenvalue weighted by Crippen LogP contribution is -2.26. The summed E-state index contributed by atoms with van der Waals surface area (Å²) in [5.41, 5.74) is 0.0425. The molecule has 5 nitrogen and oxygen atoms in total. The van der Waals surface area contributed by atoms with Crippen molar-refractivity contribution >= 4 is 11.4 Å². The number of aliphatic hydroxyl groups is 1. The molecule has 0 aromatic heterocycles. The van der Waals surface area contributed by atoms with Crippen LogP contribution in [0.5, 0.6) is 0 Å². The summed E-state index contributed by atoms with van der Waals surface area (Å²) < 4.78 is 13.1. The zero-order valence-corrected chi connectivity index (χ0v) is 9.68. The number of benzene rings is 1. The third kappa shape index (κ3) is 3.67. The van der Waals surface area contributed by atoms with Gasteiger partial charge in [-0.1, -0.05) is 6.92 Å². The topological polar surface area (TPSA) is 75.4 Å². The van der Waals surface area contributed by atoms with Crippen molar-refractivity contribution in [1.29, 1.82) is 0 Å². The van der Waals surface area contributed by atoms with Crippen LogP contribution in [0.4, 0.5) is 15.8 Å². The first-order valence-corrected chi connectivity index (χ1v) is 5.26. The van der Waals surface area contributed by atoms with Crippen LogP contribution in [-0.4, -0.2) is 22.7 Å². The summed E-state index contributed by atoms with van der Waals surface area (Å²) in [5.74, 6) is -0.692. The van der Waals surface area contributed by atoms with Crippen molar-refractivity contribution in [1.82, 2.24) is 0 Å². The van der Waals surface area contributed by atoms with Crippen LogP contribution in [0.1, 0.15) is 13.8 Å². The minimum Gasteiger partial charge on any atom is -0.396 e. The number of rotatable bonds is 5. The van der Waals surface area contributed by atoms with Gasteiger partial charge in [0.1, 0.15) is 5.82 Å². The van der Waals surface area contributed by atoms with Gasteiger partial charge in [0, 0.05) is 24.4 Å². The molecule has 0 bridgehead atoms. The SMILES string of the molecule is CC(CO)C(C)Nc1cc(F)cc([N+](=O)[O-])c1. The monoisotopic (exact) mass is 242 g/mol. The van der Waals surface area contributed by atoms with Crippen molar-refractivity contribution in [3.8, 4) is 0 Å². The van der Waals surface area contributed by atoms with Crippen LogP contribution >= 0.6 is 0 Å². The molecule has 0 aliphatic carbocycles. The van der Waals surface area contributed by atoms with E-state index in [0.717, 1.165) is 6.07 Å².